The van der Waals surface area contributed by atoms with Crippen LogP contribution in [0.5, 0.6) is 0 Å². The molecule has 2 amide bonds. The van der Waals surface area contributed by atoms with Gasteiger partial charge in [0.25, 0.3) is 5.91 Å². The Morgan fingerprint density at radius 3 is 2.10 bits per heavy atom. The van der Waals surface area contributed by atoms with Gasteiger partial charge >= 0.3 is 0 Å². The summed E-state index contributed by atoms with van der Waals surface area (Å²) in [6.45, 7) is 13.6. The minimum absolute atomic E-state index is 0.0882. The van der Waals surface area contributed by atoms with Crippen LogP contribution in [0.3, 0.4) is 0 Å². The molecule has 0 saturated carbocycles. The molecule has 0 unspecified atom stereocenters. The molecule has 0 aromatic carbocycles. The fraction of sp³-hybridized carbons (Fsp3) is 0.739. The topological polar surface area (TPSA) is 78.4 Å². The Morgan fingerprint density at radius 2 is 1.60 bits per heavy atom. The number of hydrogen-bond donors (Lipinski definition) is 1. The first-order chi connectivity index (χ1) is 14.2. The predicted octanol–water partition coefficient (Wildman–Crippen LogP) is 3.26. The lowest BCUT2D eigenvalue weighted by molar-refractivity contribution is -0.143. The van der Waals surface area contributed by atoms with Gasteiger partial charge < -0.3 is 15.1 Å². The van der Waals surface area contributed by atoms with Crippen molar-refractivity contribution >= 4 is 17.8 Å². The van der Waals surface area contributed by atoms with Crippen LogP contribution in [0, 0.1) is 10.8 Å². The summed E-state index contributed by atoms with van der Waals surface area (Å²) >= 11 is 0. The van der Waals surface area contributed by atoms with Crippen LogP contribution in [-0.4, -0.2) is 58.9 Å². The lowest BCUT2D eigenvalue weighted by Crippen LogP contribution is -2.51. The van der Waals surface area contributed by atoms with Crippen molar-refractivity contribution in [3.05, 3.63) is 18.0 Å². The van der Waals surface area contributed by atoms with E-state index in [1.807, 2.05) is 13.8 Å². The van der Waals surface area contributed by atoms with Gasteiger partial charge in [0.05, 0.1) is 5.56 Å². The average molecular weight is 416 g/mol. The maximum absolute atomic E-state index is 12.8. The standard InChI is InChI=1S/C23H37N5O2/c1-6-22(4,5)20(30)27-11-7-23(8-12-27)9-13-28(14-10-23)21-24-15-18(16-25-21)19(29)26-17(2)3/h15-17H,6-14H2,1-5H3,(H,26,29). The molecule has 1 spiro atoms. The van der Waals surface area contributed by atoms with Crippen LogP contribution in [0.25, 0.3) is 0 Å². The van der Waals surface area contributed by atoms with Crippen LogP contribution >= 0.6 is 0 Å². The highest BCUT2D eigenvalue weighted by atomic mass is 16.2. The van der Waals surface area contributed by atoms with E-state index in [0.29, 0.717) is 22.8 Å². The van der Waals surface area contributed by atoms with Crippen LogP contribution in [0.15, 0.2) is 12.4 Å². The minimum Gasteiger partial charge on any atom is -0.350 e. The van der Waals surface area contributed by atoms with Crippen molar-refractivity contribution in [2.24, 2.45) is 10.8 Å². The Hall–Kier alpha value is -2.18. The van der Waals surface area contributed by atoms with Crippen LogP contribution in [0.4, 0.5) is 5.95 Å². The highest BCUT2D eigenvalue weighted by molar-refractivity contribution is 5.93. The van der Waals surface area contributed by atoms with E-state index in [9.17, 15) is 9.59 Å². The number of hydrogen-bond acceptors (Lipinski definition) is 5. The quantitative estimate of drug-likeness (QED) is 0.799. The van der Waals surface area contributed by atoms with Crippen LogP contribution in [-0.2, 0) is 4.79 Å². The van der Waals surface area contributed by atoms with E-state index >= 15 is 0 Å². The van der Waals surface area contributed by atoms with Crippen molar-refractivity contribution in [2.45, 2.75) is 72.8 Å². The van der Waals surface area contributed by atoms with Gasteiger partial charge in [-0.2, -0.15) is 0 Å². The number of carbonyl (C=O) groups excluding carboxylic acids is 2. The maximum Gasteiger partial charge on any atom is 0.254 e. The van der Waals surface area contributed by atoms with Crippen molar-refractivity contribution in [2.75, 3.05) is 31.1 Å². The monoisotopic (exact) mass is 415 g/mol. The van der Waals surface area contributed by atoms with Gasteiger partial charge in [-0.3, -0.25) is 9.59 Å². The summed E-state index contributed by atoms with van der Waals surface area (Å²) in [4.78, 5) is 38.0. The maximum atomic E-state index is 12.8. The zero-order valence-corrected chi connectivity index (χ0v) is 19.2. The van der Waals surface area contributed by atoms with Gasteiger partial charge in [-0.15, -0.1) is 0 Å². The summed E-state index contributed by atoms with van der Waals surface area (Å²) in [5.41, 5.74) is 0.567. The number of rotatable bonds is 5. The van der Waals surface area contributed by atoms with Gasteiger partial charge in [0.2, 0.25) is 11.9 Å². The molecule has 7 heteroatoms. The molecule has 2 aliphatic heterocycles. The summed E-state index contributed by atoms with van der Waals surface area (Å²) in [6.07, 6.45) is 8.48. The third kappa shape index (κ3) is 4.93. The molecule has 3 rings (SSSR count). The lowest BCUT2D eigenvalue weighted by atomic mass is 9.71. The Bertz CT molecular complexity index is 741. The van der Waals surface area contributed by atoms with Gasteiger partial charge in [-0.1, -0.05) is 20.8 Å². The molecule has 0 radical (unpaired) electrons. The minimum atomic E-state index is -0.260. The second-order valence-corrected chi connectivity index (χ2v) is 9.92. The molecule has 2 aliphatic rings. The first kappa shape index (κ1) is 22.5. The summed E-state index contributed by atoms with van der Waals surface area (Å²) in [5, 5.41) is 2.86. The molecule has 0 atom stereocenters. The molecular weight excluding hydrogens is 378 g/mol. The molecule has 1 aromatic rings. The van der Waals surface area contributed by atoms with E-state index in [-0.39, 0.29) is 17.4 Å². The van der Waals surface area contributed by atoms with Crippen molar-refractivity contribution in [1.82, 2.24) is 20.2 Å². The Balaban J connectivity index is 1.53. The Kier molecular flexibility index (Phi) is 6.68. The molecule has 166 valence electrons. The van der Waals surface area contributed by atoms with Crippen molar-refractivity contribution in [1.29, 1.82) is 0 Å². The highest BCUT2D eigenvalue weighted by Crippen LogP contribution is 2.42. The predicted molar refractivity (Wildman–Crippen MR) is 118 cm³/mol. The van der Waals surface area contributed by atoms with Gasteiger partial charge in [-0.25, -0.2) is 9.97 Å². The Labute approximate surface area is 180 Å². The summed E-state index contributed by atoms with van der Waals surface area (Å²) in [7, 11) is 0. The molecule has 2 fully saturated rings. The first-order valence-corrected chi connectivity index (χ1v) is 11.3. The lowest BCUT2D eigenvalue weighted by Gasteiger charge is -2.47. The SMILES string of the molecule is CCC(C)(C)C(=O)N1CCC2(CC1)CCN(c1ncc(C(=O)NC(C)C)cn1)CC2. The fourth-order valence-electron chi connectivity index (χ4n) is 4.39. The molecule has 1 aromatic heterocycles. The van der Waals surface area contributed by atoms with Gasteiger partial charge in [0, 0.05) is 50.0 Å². The van der Waals surface area contributed by atoms with Gasteiger partial charge in [-0.05, 0) is 51.4 Å². The number of aromatic nitrogens is 2. The highest BCUT2D eigenvalue weighted by Gasteiger charge is 2.41. The van der Waals surface area contributed by atoms with E-state index in [4.69, 9.17) is 0 Å². The average Bonchev–Trinajstić information content (AvgIpc) is 2.74. The molecule has 30 heavy (non-hydrogen) atoms. The van der Waals surface area contributed by atoms with Gasteiger partial charge in [0.15, 0.2) is 0 Å². The van der Waals surface area contributed by atoms with E-state index in [2.05, 4.69) is 45.9 Å². The molecule has 2 saturated heterocycles. The van der Waals surface area contributed by atoms with Gasteiger partial charge in [0.1, 0.15) is 0 Å². The smallest absolute Gasteiger partial charge is 0.254 e. The van der Waals surface area contributed by atoms with Crippen molar-refractivity contribution in [3.63, 3.8) is 0 Å². The van der Waals surface area contributed by atoms with E-state index in [1.165, 1.54) is 0 Å². The van der Waals surface area contributed by atoms with E-state index in [1.54, 1.807) is 12.4 Å². The largest absolute Gasteiger partial charge is 0.350 e. The van der Waals surface area contributed by atoms with E-state index < -0.39 is 0 Å². The van der Waals surface area contributed by atoms with Crippen LogP contribution < -0.4 is 10.2 Å². The zero-order chi connectivity index (χ0) is 21.9. The van der Waals surface area contributed by atoms with E-state index in [0.717, 1.165) is 58.3 Å². The first-order valence-electron chi connectivity index (χ1n) is 11.3. The third-order valence-electron chi connectivity index (χ3n) is 7.00. The molecule has 0 bridgehead atoms. The number of likely N-dealkylation sites (tertiary alicyclic amines) is 1. The Morgan fingerprint density at radius 1 is 1.07 bits per heavy atom. The number of piperidine rings is 2. The second-order valence-electron chi connectivity index (χ2n) is 9.92. The fourth-order valence-corrected chi connectivity index (χ4v) is 4.39. The second kappa shape index (κ2) is 8.90. The summed E-state index contributed by atoms with van der Waals surface area (Å²) < 4.78 is 0. The molecule has 7 nitrogen and oxygen atoms in total. The summed E-state index contributed by atoms with van der Waals surface area (Å²) in [6, 6.07) is 0.0882. The van der Waals surface area contributed by atoms with Crippen molar-refractivity contribution in [3.8, 4) is 0 Å². The molecule has 0 aliphatic carbocycles. The van der Waals surface area contributed by atoms with Crippen LogP contribution in [0.2, 0.25) is 0 Å². The number of amides is 2. The number of nitrogens with zero attached hydrogens (tertiary/aromatic N) is 4. The molecule has 3 heterocycles. The summed E-state index contributed by atoms with van der Waals surface area (Å²) in [5.74, 6) is 0.859. The third-order valence-corrected chi connectivity index (χ3v) is 7.00. The van der Waals surface area contributed by atoms with Crippen LogP contribution in [0.1, 0.15) is 77.1 Å². The molecular formula is C23H37N5O2. The number of carbonyl (C=O) groups is 2. The molecule has 1 N–H and O–H groups in total. The zero-order valence-electron chi connectivity index (χ0n) is 19.2. The normalized spacial score (nSPS) is 19.3. The number of anilines is 1. The van der Waals surface area contributed by atoms with Crippen molar-refractivity contribution < 1.29 is 9.59 Å². The number of nitrogens with one attached hydrogen (secondary N) is 1.